The van der Waals surface area contributed by atoms with E-state index in [9.17, 15) is 0 Å². The van der Waals surface area contributed by atoms with Crippen molar-refractivity contribution < 1.29 is 0 Å². The Morgan fingerprint density at radius 1 is 1.15 bits per heavy atom. The van der Waals surface area contributed by atoms with Crippen LogP contribution in [0.4, 0.5) is 0 Å². The quantitative estimate of drug-likeness (QED) is 0.700. The highest BCUT2D eigenvalue weighted by Crippen LogP contribution is 2.19. The minimum Gasteiger partial charge on any atom is -0.152 e. The number of benzene rings is 1. The molecule has 0 fully saturated rings. The van der Waals surface area contributed by atoms with Gasteiger partial charge in [-0.2, -0.15) is 11.3 Å². The molecule has 2 rings (SSSR count). The van der Waals surface area contributed by atoms with Gasteiger partial charge in [-0.3, -0.25) is 0 Å². The molecule has 0 aliphatic heterocycles. The van der Waals surface area contributed by atoms with Gasteiger partial charge < -0.3 is 0 Å². The molecule has 13 heavy (non-hydrogen) atoms. The van der Waals surface area contributed by atoms with E-state index < -0.39 is 0 Å². The number of rotatable bonds is 2. The van der Waals surface area contributed by atoms with Gasteiger partial charge in [-0.05, 0) is 40.4 Å². The molecule has 2 heteroatoms. The summed E-state index contributed by atoms with van der Waals surface area (Å²) in [5, 5.41) is 5.10. The van der Waals surface area contributed by atoms with Crippen LogP contribution in [0.1, 0.15) is 11.1 Å². The number of thiophene rings is 1. The van der Waals surface area contributed by atoms with Crippen LogP contribution in [0.2, 0.25) is 5.02 Å². The third-order valence-corrected chi connectivity index (χ3v) is 3.03. The van der Waals surface area contributed by atoms with Crippen LogP contribution >= 0.6 is 22.9 Å². The molecule has 2 aromatic rings. The third-order valence-electron chi connectivity index (χ3n) is 1.93. The normalized spacial score (nSPS) is 10.2. The van der Waals surface area contributed by atoms with Crippen LogP contribution in [0.15, 0.2) is 41.1 Å². The van der Waals surface area contributed by atoms with Crippen LogP contribution in [-0.2, 0) is 6.42 Å². The summed E-state index contributed by atoms with van der Waals surface area (Å²) >= 11 is 7.77. The van der Waals surface area contributed by atoms with E-state index in [-0.39, 0.29) is 0 Å². The van der Waals surface area contributed by atoms with E-state index in [2.05, 4.69) is 22.9 Å². The smallest absolute Gasteiger partial charge is 0.0441 e. The van der Waals surface area contributed by atoms with Crippen LogP contribution in [0.3, 0.4) is 0 Å². The summed E-state index contributed by atoms with van der Waals surface area (Å²) in [5.41, 5.74) is 2.53. The Morgan fingerprint density at radius 2 is 2.00 bits per heavy atom. The standard InChI is InChI=1S/C11H9ClS/c12-11-4-2-1-3-10(11)7-9-5-6-13-8-9/h1-6,8H,7H2. The molecule has 0 bridgehead atoms. The lowest BCUT2D eigenvalue weighted by Crippen LogP contribution is -1.85. The first-order chi connectivity index (χ1) is 6.36. The molecule has 0 spiro atoms. The van der Waals surface area contributed by atoms with Gasteiger partial charge in [-0.1, -0.05) is 29.8 Å². The fraction of sp³-hybridized carbons (Fsp3) is 0.0909. The lowest BCUT2D eigenvalue weighted by molar-refractivity contribution is 1.21. The van der Waals surface area contributed by atoms with Gasteiger partial charge in [0.1, 0.15) is 0 Å². The highest BCUT2D eigenvalue weighted by Gasteiger charge is 2.00. The van der Waals surface area contributed by atoms with Crippen molar-refractivity contribution in [2.75, 3.05) is 0 Å². The molecular formula is C11H9ClS. The maximum Gasteiger partial charge on any atom is 0.0441 e. The summed E-state index contributed by atoms with van der Waals surface area (Å²) in [5.74, 6) is 0. The Labute approximate surface area is 86.8 Å². The van der Waals surface area contributed by atoms with Gasteiger partial charge in [0.2, 0.25) is 0 Å². The SMILES string of the molecule is Clc1ccccc1Cc1ccsc1. The second-order valence-electron chi connectivity index (χ2n) is 2.90. The molecule has 0 amide bonds. The highest BCUT2D eigenvalue weighted by molar-refractivity contribution is 7.07. The first-order valence-corrected chi connectivity index (χ1v) is 5.43. The molecule has 66 valence electrons. The maximum atomic E-state index is 6.04. The first kappa shape index (κ1) is 8.79. The molecular weight excluding hydrogens is 200 g/mol. The van der Waals surface area contributed by atoms with Crippen molar-refractivity contribution in [1.82, 2.24) is 0 Å². The van der Waals surface area contributed by atoms with Crippen molar-refractivity contribution in [2.24, 2.45) is 0 Å². The second-order valence-corrected chi connectivity index (χ2v) is 4.09. The molecule has 1 heterocycles. The largest absolute Gasteiger partial charge is 0.152 e. The lowest BCUT2D eigenvalue weighted by atomic mass is 10.1. The summed E-state index contributed by atoms with van der Waals surface area (Å²) in [7, 11) is 0. The van der Waals surface area contributed by atoms with E-state index in [4.69, 9.17) is 11.6 Å². The van der Waals surface area contributed by atoms with Gasteiger partial charge in [0.15, 0.2) is 0 Å². The summed E-state index contributed by atoms with van der Waals surface area (Å²) < 4.78 is 0. The molecule has 0 nitrogen and oxygen atoms in total. The third kappa shape index (κ3) is 2.11. The monoisotopic (exact) mass is 208 g/mol. The van der Waals surface area contributed by atoms with E-state index in [1.165, 1.54) is 11.1 Å². The highest BCUT2D eigenvalue weighted by atomic mass is 35.5. The predicted molar refractivity (Wildman–Crippen MR) is 58.6 cm³/mol. The van der Waals surface area contributed by atoms with Crippen LogP contribution in [0, 0.1) is 0 Å². The van der Waals surface area contributed by atoms with Crippen molar-refractivity contribution in [3.05, 3.63) is 57.2 Å². The summed E-state index contributed by atoms with van der Waals surface area (Å²) in [6, 6.07) is 10.1. The average Bonchev–Trinajstić information content (AvgIpc) is 2.61. The molecule has 0 saturated heterocycles. The van der Waals surface area contributed by atoms with Gasteiger partial charge in [-0.25, -0.2) is 0 Å². The van der Waals surface area contributed by atoms with Crippen LogP contribution in [0.5, 0.6) is 0 Å². The Morgan fingerprint density at radius 3 is 2.69 bits per heavy atom. The van der Waals surface area contributed by atoms with Crippen molar-refractivity contribution in [3.63, 3.8) is 0 Å². The number of halogens is 1. The fourth-order valence-corrected chi connectivity index (χ4v) is 2.13. The zero-order valence-electron chi connectivity index (χ0n) is 7.03. The maximum absolute atomic E-state index is 6.04. The van der Waals surface area contributed by atoms with Crippen molar-refractivity contribution in [1.29, 1.82) is 0 Å². The van der Waals surface area contributed by atoms with E-state index in [0.29, 0.717) is 0 Å². The Hall–Kier alpha value is -0.790. The molecule has 0 aliphatic carbocycles. The van der Waals surface area contributed by atoms with Crippen LogP contribution in [0.25, 0.3) is 0 Å². The van der Waals surface area contributed by atoms with E-state index in [1.807, 2.05) is 18.2 Å². The Kier molecular flexibility index (Phi) is 2.67. The van der Waals surface area contributed by atoms with Crippen molar-refractivity contribution >= 4 is 22.9 Å². The number of hydrogen-bond donors (Lipinski definition) is 0. The zero-order chi connectivity index (χ0) is 9.10. The molecule has 0 saturated carbocycles. The van der Waals surface area contributed by atoms with Gasteiger partial charge in [-0.15, -0.1) is 0 Å². The van der Waals surface area contributed by atoms with Gasteiger partial charge in [0.25, 0.3) is 0 Å². The van der Waals surface area contributed by atoms with E-state index >= 15 is 0 Å². The molecule has 0 radical (unpaired) electrons. The minimum absolute atomic E-state index is 0.855. The second kappa shape index (κ2) is 3.95. The first-order valence-electron chi connectivity index (χ1n) is 4.11. The lowest BCUT2D eigenvalue weighted by Gasteiger charge is -2.00. The topological polar surface area (TPSA) is 0 Å². The zero-order valence-corrected chi connectivity index (χ0v) is 8.61. The number of hydrogen-bond acceptors (Lipinski definition) is 1. The van der Waals surface area contributed by atoms with Gasteiger partial charge >= 0.3 is 0 Å². The Balaban J connectivity index is 2.24. The van der Waals surface area contributed by atoms with Crippen LogP contribution < -0.4 is 0 Å². The Bertz CT molecular complexity index is 379. The molecule has 1 aromatic carbocycles. The van der Waals surface area contributed by atoms with Crippen molar-refractivity contribution in [3.8, 4) is 0 Å². The van der Waals surface area contributed by atoms with Crippen LogP contribution in [-0.4, -0.2) is 0 Å². The summed E-state index contributed by atoms with van der Waals surface area (Å²) in [6.45, 7) is 0. The summed E-state index contributed by atoms with van der Waals surface area (Å²) in [4.78, 5) is 0. The predicted octanol–water partition coefficient (Wildman–Crippen LogP) is 3.99. The molecule has 0 atom stereocenters. The molecule has 0 aliphatic rings. The van der Waals surface area contributed by atoms with Gasteiger partial charge in [0, 0.05) is 5.02 Å². The van der Waals surface area contributed by atoms with Crippen molar-refractivity contribution in [2.45, 2.75) is 6.42 Å². The molecule has 0 unspecified atom stereocenters. The van der Waals surface area contributed by atoms with E-state index in [1.54, 1.807) is 11.3 Å². The molecule has 1 aromatic heterocycles. The van der Waals surface area contributed by atoms with E-state index in [0.717, 1.165) is 11.4 Å². The fourth-order valence-electron chi connectivity index (χ4n) is 1.25. The molecule has 0 N–H and O–H groups in total. The van der Waals surface area contributed by atoms with Gasteiger partial charge in [0.05, 0.1) is 0 Å². The summed E-state index contributed by atoms with van der Waals surface area (Å²) in [6.07, 6.45) is 0.934. The minimum atomic E-state index is 0.855. The average molecular weight is 209 g/mol.